The minimum Gasteiger partial charge on any atom is -0.324 e. The molecule has 0 aromatic heterocycles. The van der Waals surface area contributed by atoms with Crippen LogP contribution in [0.15, 0.2) is 24.3 Å². The van der Waals surface area contributed by atoms with Gasteiger partial charge < -0.3 is 5.32 Å². The lowest BCUT2D eigenvalue weighted by Crippen LogP contribution is -2.46. The zero-order valence-corrected chi connectivity index (χ0v) is 17.7. The Morgan fingerprint density at radius 2 is 1.67 bits per heavy atom. The van der Waals surface area contributed by atoms with Crippen LogP contribution in [0.25, 0.3) is 0 Å². The summed E-state index contributed by atoms with van der Waals surface area (Å²) in [5.74, 6) is -0.224. The highest BCUT2D eigenvalue weighted by Gasteiger charge is 2.62. The average Bonchev–Trinajstić information content (AvgIpc) is 3.43. The maximum atomic E-state index is 13.1. The summed E-state index contributed by atoms with van der Waals surface area (Å²) in [5, 5.41) is 3.01. The first-order valence-electron chi connectivity index (χ1n) is 11.5. The average molecular weight is 410 g/mol. The van der Waals surface area contributed by atoms with Gasteiger partial charge in [0.2, 0.25) is 17.7 Å². The highest BCUT2D eigenvalue weighted by Crippen LogP contribution is 2.56. The first kappa shape index (κ1) is 19.7. The smallest absolute Gasteiger partial charge is 0.247 e. The second kappa shape index (κ2) is 7.80. The zero-order valence-electron chi connectivity index (χ0n) is 17.7. The number of likely N-dealkylation sites (tertiary alicyclic amines) is 2. The number of carbonyl (C=O) groups is 3. The molecule has 4 aliphatic rings. The summed E-state index contributed by atoms with van der Waals surface area (Å²) in [7, 11) is 0. The zero-order chi connectivity index (χ0) is 20.8. The molecule has 30 heavy (non-hydrogen) atoms. The maximum Gasteiger partial charge on any atom is 0.247 e. The van der Waals surface area contributed by atoms with Gasteiger partial charge in [0.15, 0.2) is 0 Å². The van der Waals surface area contributed by atoms with Gasteiger partial charge in [0.05, 0.1) is 11.8 Å². The lowest BCUT2D eigenvalue weighted by molar-refractivity contribution is -0.146. The van der Waals surface area contributed by atoms with E-state index in [9.17, 15) is 14.4 Å². The number of amides is 3. The van der Waals surface area contributed by atoms with Gasteiger partial charge in [0.25, 0.3) is 0 Å². The van der Waals surface area contributed by atoms with Gasteiger partial charge in [0.1, 0.15) is 6.04 Å². The SMILES string of the molecule is C[C@H](C(=O)Nc1ccccc1CN1CCCCC1)N1C(=O)[C@H]2[C@H]3CC[C@@H](C3)[C@@H]2C1=O. The molecule has 6 heteroatoms. The van der Waals surface area contributed by atoms with Crippen LogP contribution in [-0.2, 0) is 20.9 Å². The minimum absolute atomic E-state index is 0.124. The van der Waals surface area contributed by atoms with Crippen molar-refractivity contribution in [1.82, 2.24) is 9.80 Å². The van der Waals surface area contributed by atoms with Gasteiger partial charge in [-0.05, 0) is 75.6 Å². The van der Waals surface area contributed by atoms with Crippen molar-refractivity contribution in [3.63, 3.8) is 0 Å². The molecule has 3 amide bonds. The Balaban J connectivity index is 1.29. The predicted molar refractivity (Wildman–Crippen MR) is 113 cm³/mol. The van der Waals surface area contributed by atoms with Crippen LogP contribution >= 0.6 is 0 Å². The Kier molecular flexibility index (Phi) is 5.13. The van der Waals surface area contributed by atoms with Crippen LogP contribution in [0.3, 0.4) is 0 Å². The van der Waals surface area contributed by atoms with Crippen molar-refractivity contribution in [2.24, 2.45) is 23.7 Å². The van der Waals surface area contributed by atoms with E-state index >= 15 is 0 Å². The highest BCUT2D eigenvalue weighted by atomic mass is 16.2. The lowest BCUT2D eigenvalue weighted by Gasteiger charge is -2.28. The summed E-state index contributed by atoms with van der Waals surface area (Å²) < 4.78 is 0. The van der Waals surface area contributed by atoms with Gasteiger partial charge in [0, 0.05) is 12.2 Å². The predicted octanol–water partition coefficient (Wildman–Crippen LogP) is 3.03. The van der Waals surface area contributed by atoms with E-state index in [1.54, 1.807) is 6.92 Å². The van der Waals surface area contributed by atoms with Gasteiger partial charge in [-0.3, -0.25) is 24.2 Å². The molecule has 2 aliphatic heterocycles. The van der Waals surface area contributed by atoms with Gasteiger partial charge in [-0.2, -0.15) is 0 Å². The van der Waals surface area contributed by atoms with Crippen LogP contribution in [0.1, 0.15) is 51.0 Å². The molecule has 2 aliphatic carbocycles. The van der Waals surface area contributed by atoms with E-state index in [1.807, 2.05) is 24.3 Å². The molecule has 1 aromatic carbocycles. The van der Waals surface area contributed by atoms with Crippen molar-refractivity contribution in [3.05, 3.63) is 29.8 Å². The molecule has 6 nitrogen and oxygen atoms in total. The largest absolute Gasteiger partial charge is 0.324 e. The van der Waals surface area contributed by atoms with E-state index in [-0.39, 0.29) is 29.6 Å². The van der Waals surface area contributed by atoms with Crippen molar-refractivity contribution < 1.29 is 14.4 Å². The number of nitrogens with one attached hydrogen (secondary N) is 1. The summed E-state index contributed by atoms with van der Waals surface area (Å²) in [6.45, 7) is 4.66. The highest BCUT2D eigenvalue weighted by molar-refractivity contribution is 6.10. The summed E-state index contributed by atoms with van der Waals surface area (Å²) >= 11 is 0. The van der Waals surface area contributed by atoms with E-state index in [0.29, 0.717) is 11.8 Å². The standard InChI is InChI=1S/C24H31N3O3/c1-15(27-23(29)20-16-9-10-17(13-16)21(20)24(27)30)22(28)25-19-8-4-3-7-18(19)14-26-11-5-2-6-12-26/h3-4,7-8,15-17,20-21H,2,5-6,9-14H2,1H3,(H,25,28)/t15-,16+,17+,20+,21+/m1/s1. The lowest BCUT2D eigenvalue weighted by atomic mass is 9.81. The van der Waals surface area contributed by atoms with Crippen LogP contribution in [0.4, 0.5) is 5.69 Å². The molecule has 0 radical (unpaired) electrons. The maximum absolute atomic E-state index is 13.1. The van der Waals surface area contributed by atoms with Gasteiger partial charge in [-0.1, -0.05) is 24.6 Å². The van der Waals surface area contributed by atoms with Crippen molar-refractivity contribution in [2.45, 2.75) is 58.0 Å². The Morgan fingerprint density at radius 1 is 1.03 bits per heavy atom. The van der Waals surface area contributed by atoms with Crippen LogP contribution in [0, 0.1) is 23.7 Å². The number of rotatable bonds is 5. The van der Waals surface area contributed by atoms with Crippen LogP contribution in [0.2, 0.25) is 0 Å². The normalized spacial score (nSPS) is 31.8. The molecule has 4 fully saturated rings. The number of imide groups is 1. The molecule has 0 unspecified atom stereocenters. The summed E-state index contributed by atoms with van der Waals surface area (Å²) in [6.07, 6.45) is 6.81. The van der Waals surface area contributed by atoms with Gasteiger partial charge >= 0.3 is 0 Å². The Morgan fingerprint density at radius 3 is 2.33 bits per heavy atom. The van der Waals surface area contributed by atoms with Crippen LogP contribution in [-0.4, -0.2) is 46.7 Å². The van der Waals surface area contributed by atoms with Gasteiger partial charge in [-0.25, -0.2) is 0 Å². The molecule has 2 saturated carbocycles. The molecule has 2 heterocycles. The minimum atomic E-state index is -0.780. The van der Waals surface area contributed by atoms with Crippen molar-refractivity contribution >= 4 is 23.4 Å². The number of carbonyl (C=O) groups excluding carboxylic acids is 3. The van der Waals surface area contributed by atoms with E-state index < -0.39 is 6.04 Å². The summed E-state index contributed by atoms with van der Waals surface area (Å²) in [4.78, 5) is 42.8. The van der Waals surface area contributed by atoms with Crippen LogP contribution < -0.4 is 5.32 Å². The third-order valence-corrected chi connectivity index (χ3v) is 7.85. The Hall–Kier alpha value is -2.21. The number of nitrogens with zero attached hydrogens (tertiary/aromatic N) is 2. The fourth-order valence-electron chi connectivity index (χ4n) is 6.31. The molecular weight excluding hydrogens is 378 g/mol. The molecule has 1 N–H and O–H groups in total. The second-order valence-electron chi connectivity index (χ2n) is 9.59. The van der Waals surface area contributed by atoms with Crippen molar-refractivity contribution in [3.8, 4) is 0 Å². The quantitative estimate of drug-likeness (QED) is 0.759. The molecule has 2 saturated heterocycles. The number of anilines is 1. The monoisotopic (exact) mass is 409 g/mol. The first-order chi connectivity index (χ1) is 14.5. The van der Waals surface area contributed by atoms with E-state index in [2.05, 4.69) is 10.2 Å². The van der Waals surface area contributed by atoms with Crippen molar-refractivity contribution in [2.75, 3.05) is 18.4 Å². The van der Waals surface area contributed by atoms with Crippen LogP contribution in [0.5, 0.6) is 0 Å². The molecule has 5 atom stereocenters. The second-order valence-corrected chi connectivity index (χ2v) is 9.59. The number of hydrogen-bond donors (Lipinski definition) is 1. The topological polar surface area (TPSA) is 69.7 Å². The molecular formula is C24H31N3O3. The van der Waals surface area contributed by atoms with Crippen molar-refractivity contribution in [1.29, 1.82) is 0 Å². The number of para-hydroxylation sites is 1. The molecule has 1 aromatic rings. The molecule has 5 rings (SSSR count). The molecule has 2 bridgehead atoms. The molecule has 160 valence electrons. The van der Waals surface area contributed by atoms with E-state index in [4.69, 9.17) is 0 Å². The fraction of sp³-hybridized carbons (Fsp3) is 0.625. The van der Waals surface area contributed by atoms with Gasteiger partial charge in [-0.15, -0.1) is 0 Å². The fourth-order valence-corrected chi connectivity index (χ4v) is 6.31. The number of piperidine rings is 1. The first-order valence-corrected chi connectivity index (χ1v) is 11.5. The number of benzene rings is 1. The number of fused-ring (bicyclic) bond motifs is 5. The Labute approximate surface area is 178 Å². The Bertz CT molecular complexity index is 835. The van der Waals surface area contributed by atoms with E-state index in [0.717, 1.165) is 50.1 Å². The number of hydrogen-bond acceptors (Lipinski definition) is 4. The third kappa shape index (κ3) is 3.25. The van der Waals surface area contributed by atoms with E-state index in [1.165, 1.54) is 24.2 Å². The molecule has 0 spiro atoms. The summed E-state index contributed by atoms with van der Waals surface area (Å²) in [5.41, 5.74) is 1.85. The summed E-state index contributed by atoms with van der Waals surface area (Å²) in [6, 6.07) is 7.07. The third-order valence-electron chi connectivity index (χ3n) is 7.85.